The Bertz CT molecular complexity index is 891. The van der Waals surface area contributed by atoms with Gasteiger partial charge >= 0.3 is 0 Å². The third-order valence-corrected chi connectivity index (χ3v) is 5.49. The van der Waals surface area contributed by atoms with E-state index in [1.807, 2.05) is 26.0 Å². The average molecular weight is 372 g/mol. The first kappa shape index (κ1) is 17.6. The van der Waals surface area contributed by atoms with Crippen LogP contribution in [0.1, 0.15) is 26.6 Å². The van der Waals surface area contributed by atoms with Crippen molar-refractivity contribution >= 4 is 34.7 Å². The number of rotatable bonds is 5. The van der Waals surface area contributed by atoms with Crippen LogP contribution in [0.4, 0.5) is 10.1 Å². The topological polar surface area (TPSA) is 42.0 Å². The fourth-order valence-electron chi connectivity index (χ4n) is 2.26. The number of nitrogens with zero attached hydrogens (tertiary/aromatic N) is 1. The van der Waals surface area contributed by atoms with E-state index in [9.17, 15) is 9.18 Å². The summed E-state index contributed by atoms with van der Waals surface area (Å²) in [7, 11) is 0. The van der Waals surface area contributed by atoms with Crippen LogP contribution in [0.5, 0.6) is 0 Å². The van der Waals surface area contributed by atoms with Crippen molar-refractivity contribution in [1.29, 1.82) is 0 Å². The summed E-state index contributed by atoms with van der Waals surface area (Å²) in [6, 6.07) is 11.7. The molecule has 0 bridgehead atoms. The Morgan fingerprint density at radius 3 is 2.64 bits per heavy atom. The molecule has 0 fully saturated rings. The van der Waals surface area contributed by atoms with Crippen molar-refractivity contribution in [2.45, 2.75) is 24.5 Å². The van der Waals surface area contributed by atoms with Crippen molar-refractivity contribution in [3.8, 4) is 0 Å². The van der Waals surface area contributed by atoms with Gasteiger partial charge < -0.3 is 5.32 Å². The van der Waals surface area contributed by atoms with Crippen LogP contribution in [0.15, 0.2) is 52.7 Å². The minimum absolute atomic E-state index is 0.250. The van der Waals surface area contributed by atoms with Crippen LogP contribution in [-0.2, 0) is 5.75 Å². The molecule has 1 amide bonds. The molecule has 3 nitrogen and oxygen atoms in total. The molecule has 0 atom stereocenters. The van der Waals surface area contributed by atoms with E-state index in [1.54, 1.807) is 41.3 Å². The van der Waals surface area contributed by atoms with Crippen LogP contribution >= 0.6 is 23.1 Å². The monoisotopic (exact) mass is 372 g/mol. The quantitative estimate of drug-likeness (QED) is 0.606. The summed E-state index contributed by atoms with van der Waals surface area (Å²) in [6.45, 7) is 3.82. The third kappa shape index (κ3) is 4.67. The minimum Gasteiger partial charge on any atom is -0.322 e. The normalized spacial score (nSPS) is 10.7. The van der Waals surface area contributed by atoms with E-state index >= 15 is 0 Å². The molecule has 0 saturated carbocycles. The predicted molar refractivity (Wildman–Crippen MR) is 102 cm³/mol. The maximum Gasteiger partial charge on any atom is 0.255 e. The lowest BCUT2D eigenvalue weighted by atomic mass is 10.1. The van der Waals surface area contributed by atoms with Gasteiger partial charge in [-0.05, 0) is 55.8 Å². The van der Waals surface area contributed by atoms with E-state index in [0.717, 1.165) is 26.9 Å². The lowest BCUT2D eigenvalue weighted by Crippen LogP contribution is -2.12. The molecule has 6 heteroatoms. The van der Waals surface area contributed by atoms with Gasteiger partial charge in [0, 0.05) is 27.3 Å². The van der Waals surface area contributed by atoms with Gasteiger partial charge in [-0.3, -0.25) is 4.79 Å². The maximum atomic E-state index is 13.3. The average Bonchev–Trinajstić information content (AvgIpc) is 3.02. The molecule has 128 valence electrons. The van der Waals surface area contributed by atoms with Crippen molar-refractivity contribution in [3.63, 3.8) is 0 Å². The molecule has 0 unspecified atom stereocenters. The van der Waals surface area contributed by atoms with Crippen molar-refractivity contribution < 1.29 is 9.18 Å². The van der Waals surface area contributed by atoms with Crippen molar-refractivity contribution in [2.75, 3.05) is 5.32 Å². The smallest absolute Gasteiger partial charge is 0.255 e. The fraction of sp³-hybridized carbons (Fsp3) is 0.158. The van der Waals surface area contributed by atoms with E-state index in [0.29, 0.717) is 11.3 Å². The highest BCUT2D eigenvalue weighted by Gasteiger charge is 2.09. The summed E-state index contributed by atoms with van der Waals surface area (Å²) < 4.78 is 13.3. The van der Waals surface area contributed by atoms with Crippen LogP contribution in [0, 0.1) is 19.7 Å². The van der Waals surface area contributed by atoms with Crippen molar-refractivity contribution in [2.24, 2.45) is 0 Å². The van der Waals surface area contributed by atoms with Crippen LogP contribution in [0.25, 0.3) is 0 Å². The molecule has 0 spiro atoms. The second kappa shape index (κ2) is 7.80. The molecule has 1 N–H and O–H groups in total. The van der Waals surface area contributed by atoms with Crippen molar-refractivity contribution in [1.82, 2.24) is 4.98 Å². The number of benzene rings is 2. The Labute approximate surface area is 154 Å². The Balaban J connectivity index is 1.63. The molecule has 1 heterocycles. The van der Waals surface area contributed by atoms with Gasteiger partial charge in [0.25, 0.3) is 5.91 Å². The molecule has 0 aliphatic carbocycles. The van der Waals surface area contributed by atoms with Gasteiger partial charge in [-0.25, -0.2) is 9.37 Å². The zero-order chi connectivity index (χ0) is 17.8. The number of nitrogens with one attached hydrogen (secondary N) is 1. The lowest BCUT2D eigenvalue weighted by Gasteiger charge is -2.09. The number of thioether (sulfide) groups is 1. The number of carbonyl (C=O) groups is 1. The largest absolute Gasteiger partial charge is 0.322 e. The summed E-state index contributed by atoms with van der Waals surface area (Å²) in [5, 5.41) is 5.88. The van der Waals surface area contributed by atoms with Crippen LogP contribution in [-0.4, -0.2) is 10.9 Å². The summed E-state index contributed by atoms with van der Waals surface area (Å²) in [5.41, 5.74) is 2.91. The predicted octanol–water partition coefficient (Wildman–Crippen LogP) is 5.44. The molecule has 0 aliphatic heterocycles. The number of carbonyl (C=O) groups excluding carboxylic acids is 1. The molecule has 0 saturated heterocycles. The number of aromatic nitrogens is 1. The molecule has 3 aromatic rings. The first-order valence-corrected chi connectivity index (χ1v) is 9.59. The second-order valence-electron chi connectivity index (χ2n) is 5.58. The van der Waals surface area contributed by atoms with Gasteiger partial charge in [-0.1, -0.05) is 6.07 Å². The standard InChI is InChI=1S/C19H17FN2OS2/c1-12-3-6-15(20)9-18(12)22-19(23)14-4-7-17(8-5-14)25-11-16-10-24-13(2)21-16/h3-10H,11H2,1-2H3,(H,22,23). The van der Waals surface area contributed by atoms with Gasteiger partial charge in [-0.15, -0.1) is 23.1 Å². The minimum atomic E-state index is -0.370. The molecule has 2 aromatic carbocycles. The van der Waals surface area contributed by atoms with Gasteiger partial charge in [0.15, 0.2) is 0 Å². The lowest BCUT2D eigenvalue weighted by molar-refractivity contribution is 0.102. The van der Waals surface area contributed by atoms with Gasteiger partial charge in [-0.2, -0.15) is 0 Å². The van der Waals surface area contributed by atoms with Gasteiger partial charge in [0.1, 0.15) is 5.82 Å². The fourth-order valence-corrected chi connectivity index (χ4v) is 3.77. The van der Waals surface area contributed by atoms with E-state index < -0.39 is 0 Å². The summed E-state index contributed by atoms with van der Waals surface area (Å²) in [4.78, 5) is 17.8. The highest BCUT2D eigenvalue weighted by atomic mass is 32.2. The van der Waals surface area contributed by atoms with Gasteiger partial charge in [0.05, 0.1) is 10.7 Å². The highest BCUT2D eigenvalue weighted by molar-refractivity contribution is 7.98. The van der Waals surface area contributed by atoms with Crippen LogP contribution in [0.2, 0.25) is 0 Å². The molecule has 1 aromatic heterocycles. The Morgan fingerprint density at radius 1 is 1.20 bits per heavy atom. The Morgan fingerprint density at radius 2 is 1.96 bits per heavy atom. The molecule has 0 radical (unpaired) electrons. The highest BCUT2D eigenvalue weighted by Crippen LogP contribution is 2.24. The van der Waals surface area contributed by atoms with E-state index in [4.69, 9.17) is 0 Å². The summed E-state index contributed by atoms with van der Waals surface area (Å²) in [6.07, 6.45) is 0. The Kier molecular flexibility index (Phi) is 5.50. The SMILES string of the molecule is Cc1nc(CSc2ccc(C(=O)Nc3cc(F)ccc3C)cc2)cs1. The number of amides is 1. The zero-order valence-corrected chi connectivity index (χ0v) is 15.5. The van der Waals surface area contributed by atoms with E-state index in [2.05, 4.69) is 15.7 Å². The zero-order valence-electron chi connectivity index (χ0n) is 13.9. The summed E-state index contributed by atoms with van der Waals surface area (Å²) in [5.74, 6) is 0.184. The molecule has 3 rings (SSSR count). The van der Waals surface area contributed by atoms with E-state index in [1.165, 1.54) is 12.1 Å². The Hall–Kier alpha value is -2.18. The number of hydrogen-bond acceptors (Lipinski definition) is 4. The molecule has 0 aliphatic rings. The van der Waals surface area contributed by atoms with Crippen LogP contribution in [0.3, 0.4) is 0 Å². The van der Waals surface area contributed by atoms with Gasteiger partial charge in [0.2, 0.25) is 0 Å². The second-order valence-corrected chi connectivity index (χ2v) is 7.70. The van der Waals surface area contributed by atoms with Crippen LogP contribution < -0.4 is 5.32 Å². The number of aryl methyl sites for hydroxylation is 2. The maximum absolute atomic E-state index is 13.3. The summed E-state index contributed by atoms with van der Waals surface area (Å²) >= 11 is 3.32. The third-order valence-electron chi connectivity index (χ3n) is 3.62. The number of hydrogen-bond donors (Lipinski definition) is 1. The van der Waals surface area contributed by atoms with Crippen molar-refractivity contribution in [3.05, 3.63) is 75.5 Å². The number of thiazole rings is 1. The van der Waals surface area contributed by atoms with E-state index in [-0.39, 0.29) is 11.7 Å². The number of halogens is 1. The molecular formula is C19H17FN2OS2. The number of anilines is 1. The molecular weight excluding hydrogens is 355 g/mol. The first-order valence-electron chi connectivity index (χ1n) is 7.72. The molecule has 25 heavy (non-hydrogen) atoms. The first-order chi connectivity index (χ1) is 12.0.